The minimum Gasteiger partial charge on any atom is -0.481 e. The number of imidazole rings is 1. The van der Waals surface area contributed by atoms with Gasteiger partial charge in [0.2, 0.25) is 0 Å². The molecule has 13 heteroatoms. The number of aryl methyl sites for hydroxylation is 1. The summed E-state index contributed by atoms with van der Waals surface area (Å²) in [5.74, 6) is -4.38. The summed E-state index contributed by atoms with van der Waals surface area (Å²) in [6, 6.07) is 5.19. The normalized spacial score (nSPS) is 14.9. The lowest BCUT2D eigenvalue weighted by Gasteiger charge is -2.28. The van der Waals surface area contributed by atoms with E-state index in [1.165, 1.54) is 6.42 Å². The van der Waals surface area contributed by atoms with Crippen LogP contribution in [0.2, 0.25) is 5.02 Å². The Bertz CT molecular complexity index is 1440. The molecule has 12 nitrogen and oxygen atoms in total. The molecule has 1 aliphatic carbocycles. The zero-order chi connectivity index (χ0) is 30.7. The first-order chi connectivity index (χ1) is 20.0. The maximum absolute atomic E-state index is 13.0. The molecule has 1 aromatic carbocycles. The third-order valence-electron chi connectivity index (χ3n) is 6.83. The van der Waals surface area contributed by atoms with Crippen LogP contribution in [0.25, 0.3) is 11.0 Å². The number of nitrogens with zero attached hydrogens (tertiary/aromatic N) is 3. The summed E-state index contributed by atoms with van der Waals surface area (Å²) in [5.41, 5.74) is -1.46. The van der Waals surface area contributed by atoms with E-state index in [1.54, 1.807) is 30.7 Å². The second-order valence-corrected chi connectivity index (χ2v) is 10.7. The quantitative estimate of drug-likeness (QED) is 0.209. The van der Waals surface area contributed by atoms with Crippen molar-refractivity contribution in [2.45, 2.75) is 57.2 Å². The fraction of sp³-hybridized carbons (Fsp3) is 0.414. The molecule has 1 unspecified atom stereocenters. The van der Waals surface area contributed by atoms with E-state index in [0.717, 1.165) is 38.9 Å². The summed E-state index contributed by atoms with van der Waals surface area (Å²) in [7, 11) is 0. The van der Waals surface area contributed by atoms with Gasteiger partial charge in [0, 0.05) is 49.2 Å². The first kappa shape index (κ1) is 32.5. The molecular formula is C29H34ClN3O9. The number of carboxylic acids is 3. The molecule has 3 aromatic rings. The molecule has 42 heavy (non-hydrogen) atoms. The lowest BCUT2D eigenvalue weighted by molar-refractivity contribution is -0.170. The van der Waals surface area contributed by atoms with Crippen LogP contribution in [0.5, 0.6) is 0 Å². The van der Waals surface area contributed by atoms with Gasteiger partial charge < -0.3 is 29.4 Å². The number of hydrogen-bond donors (Lipinski definition) is 4. The van der Waals surface area contributed by atoms with Crippen molar-refractivity contribution in [3.63, 3.8) is 0 Å². The maximum atomic E-state index is 13.0. The Morgan fingerprint density at radius 1 is 1.14 bits per heavy atom. The van der Waals surface area contributed by atoms with Crippen molar-refractivity contribution in [2.75, 3.05) is 13.1 Å². The molecule has 226 valence electrons. The fourth-order valence-electron chi connectivity index (χ4n) is 4.73. The van der Waals surface area contributed by atoms with Gasteiger partial charge in [-0.3, -0.25) is 19.3 Å². The topological polar surface area (TPSA) is 183 Å². The molecule has 4 N–H and O–H groups in total. The molecule has 2 aromatic heterocycles. The summed E-state index contributed by atoms with van der Waals surface area (Å²) < 4.78 is 7.82. The summed E-state index contributed by atoms with van der Waals surface area (Å²) in [6.07, 6.45) is 14.0. The van der Waals surface area contributed by atoms with E-state index in [2.05, 4.69) is 26.6 Å². The third kappa shape index (κ3) is 9.82. The Morgan fingerprint density at radius 2 is 1.88 bits per heavy atom. The fourth-order valence-corrected chi connectivity index (χ4v) is 4.90. The average molecular weight is 604 g/mol. The number of aromatic nitrogens is 2. The third-order valence-corrected chi connectivity index (χ3v) is 7.06. The molecule has 0 fully saturated rings. The highest BCUT2D eigenvalue weighted by atomic mass is 35.5. The van der Waals surface area contributed by atoms with Gasteiger partial charge in [-0.25, -0.2) is 9.78 Å². The highest BCUT2D eigenvalue weighted by Gasteiger charge is 2.40. The monoisotopic (exact) mass is 603 g/mol. The van der Waals surface area contributed by atoms with Gasteiger partial charge in [-0.2, -0.15) is 0 Å². The van der Waals surface area contributed by atoms with Gasteiger partial charge >= 0.3 is 17.9 Å². The van der Waals surface area contributed by atoms with E-state index in [9.17, 15) is 19.2 Å². The number of fused-ring (bicyclic) bond motifs is 1. The zero-order valence-corrected chi connectivity index (χ0v) is 23.7. The lowest BCUT2D eigenvalue weighted by atomic mass is 9.93. The van der Waals surface area contributed by atoms with Crippen LogP contribution in [0.15, 0.2) is 64.5 Å². The van der Waals surface area contributed by atoms with Gasteiger partial charge in [-0.05, 0) is 49.8 Å². The molecular weight excluding hydrogens is 570 g/mol. The van der Waals surface area contributed by atoms with E-state index in [0.29, 0.717) is 34.0 Å². The second-order valence-electron chi connectivity index (χ2n) is 10.2. The SMILES string of the molecule is O=C(O)CC(O)(CC(=O)O)C(=O)O.O=c1c(CN(CCCn2ccnc2)CC2CC=CCC2)coc2ccc(Cl)cc12. The van der Waals surface area contributed by atoms with Crippen molar-refractivity contribution in [3.05, 3.63) is 76.1 Å². The molecule has 0 saturated carbocycles. The number of carboxylic acid groups (broad SMARTS) is 3. The van der Waals surface area contributed by atoms with Crippen LogP contribution in [0.3, 0.4) is 0 Å². The van der Waals surface area contributed by atoms with Crippen molar-refractivity contribution in [3.8, 4) is 0 Å². The Labute approximate surface area is 246 Å². The van der Waals surface area contributed by atoms with E-state index in [1.807, 2.05) is 12.5 Å². The van der Waals surface area contributed by atoms with Crippen molar-refractivity contribution in [1.82, 2.24) is 14.5 Å². The highest BCUT2D eigenvalue weighted by molar-refractivity contribution is 6.31. The second kappa shape index (κ2) is 15.3. The van der Waals surface area contributed by atoms with Gasteiger partial charge in [0.15, 0.2) is 11.0 Å². The lowest BCUT2D eigenvalue weighted by Crippen LogP contribution is -2.42. The molecule has 1 atom stereocenters. The van der Waals surface area contributed by atoms with Crippen molar-refractivity contribution in [1.29, 1.82) is 0 Å². The maximum Gasteiger partial charge on any atom is 0.336 e. The zero-order valence-electron chi connectivity index (χ0n) is 22.9. The van der Waals surface area contributed by atoms with Crippen molar-refractivity contribution in [2.24, 2.45) is 5.92 Å². The standard InChI is InChI=1S/C23H26ClN3O2.C6H8O7/c24-20-7-8-22-21(13-20)23(28)19(16-29-22)15-27(14-18-5-2-1-3-6-18)11-4-10-26-12-9-25-17-26;7-3(8)1-6(13,5(11)12)2-4(9)10/h1-2,7-9,12-13,16-18H,3-6,10-11,14-15H2;13H,1-2H2,(H,7,8)(H,9,10)(H,11,12). The number of aliphatic hydroxyl groups is 1. The molecule has 0 radical (unpaired) electrons. The molecule has 4 rings (SSSR count). The first-order valence-corrected chi connectivity index (χ1v) is 13.8. The largest absolute Gasteiger partial charge is 0.481 e. The summed E-state index contributed by atoms with van der Waals surface area (Å²) in [6.45, 7) is 3.42. The summed E-state index contributed by atoms with van der Waals surface area (Å²) in [5, 5.41) is 34.9. The number of hydrogen-bond acceptors (Lipinski definition) is 8. The molecule has 1 aliphatic rings. The highest BCUT2D eigenvalue weighted by Crippen LogP contribution is 2.22. The van der Waals surface area contributed by atoms with E-state index >= 15 is 0 Å². The Morgan fingerprint density at radius 3 is 2.48 bits per heavy atom. The summed E-state index contributed by atoms with van der Waals surface area (Å²) >= 11 is 6.09. The number of allylic oxidation sites excluding steroid dienone is 2. The van der Waals surface area contributed by atoms with Gasteiger partial charge in [0.25, 0.3) is 0 Å². The Balaban J connectivity index is 0.000000316. The van der Waals surface area contributed by atoms with Crippen LogP contribution in [-0.4, -0.2) is 71.5 Å². The van der Waals surface area contributed by atoms with Crippen LogP contribution >= 0.6 is 11.6 Å². The Hall–Kier alpha value is -4.00. The molecule has 0 bridgehead atoms. The van der Waals surface area contributed by atoms with E-state index in [4.69, 9.17) is 36.4 Å². The molecule has 2 heterocycles. The Kier molecular flexibility index (Phi) is 11.8. The smallest absolute Gasteiger partial charge is 0.336 e. The van der Waals surface area contributed by atoms with Crippen molar-refractivity contribution < 1.29 is 39.2 Å². The van der Waals surface area contributed by atoms with E-state index in [-0.39, 0.29) is 5.43 Å². The molecule has 0 amide bonds. The average Bonchev–Trinajstić information content (AvgIpc) is 3.44. The van der Waals surface area contributed by atoms with Gasteiger partial charge in [0.05, 0.1) is 30.8 Å². The van der Waals surface area contributed by atoms with Gasteiger partial charge in [-0.1, -0.05) is 23.8 Å². The molecule has 0 aliphatic heterocycles. The minimum atomic E-state index is -2.74. The number of aliphatic carboxylic acids is 3. The van der Waals surface area contributed by atoms with Crippen molar-refractivity contribution >= 4 is 40.5 Å². The summed E-state index contributed by atoms with van der Waals surface area (Å²) in [4.78, 5) is 50.0. The molecule has 0 spiro atoms. The van der Waals surface area contributed by atoms with Crippen LogP contribution in [0, 0.1) is 5.92 Å². The number of halogens is 1. The minimum absolute atomic E-state index is 0.0110. The van der Waals surface area contributed by atoms with E-state index < -0.39 is 36.4 Å². The predicted molar refractivity (Wildman–Crippen MR) is 153 cm³/mol. The first-order valence-electron chi connectivity index (χ1n) is 13.4. The van der Waals surface area contributed by atoms with Crippen LogP contribution in [-0.2, 0) is 27.5 Å². The number of rotatable bonds is 13. The predicted octanol–water partition coefficient (Wildman–Crippen LogP) is 3.64. The van der Waals surface area contributed by atoms with Crippen LogP contribution in [0.4, 0.5) is 0 Å². The van der Waals surface area contributed by atoms with Crippen LogP contribution in [0.1, 0.15) is 44.1 Å². The van der Waals surface area contributed by atoms with Gasteiger partial charge in [0.1, 0.15) is 5.58 Å². The number of benzene rings is 1. The van der Waals surface area contributed by atoms with Gasteiger partial charge in [-0.15, -0.1) is 0 Å². The number of carbonyl (C=O) groups is 3. The van der Waals surface area contributed by atoms with Crippen LogP contribution < -0.4 is 5.43 Å². The molecule has 0 saturated heterocycles.